The minimum absolute atomic E-state index is 0.0682. The average molecular weight is 343 g/mol. The summed E-state index contributed by atoms with van der Waals surface area (Å²) in [5.41, 5.74) is 0. The van der Waals surface area contributed by atoms with Gasteiger partial charge in [0.15, 0.2) is 5.82 Å². The SMILES string of the molecule is CC(C)c1nnnn1CC(=O)N1CCCC(COc2ccccc2)C1. The maximum atomic E-state index is 12.6. The topological polar surface area (TPSA) is 73.1 Å². The highest BCUT2D eigenvalue weighted by Crippen LogP contribution is 2.19. The summed E-state index contributed by atoms with van der Waals surface area (Å²) in [6, 6.07) is 9.81. The Morgan fingerprint density at radius 3 is 2.88 bits per heavy atom. The molecule has 1 aromatic heterocycles. The van der Waals surface area contributed by atoms with Crippen LogP contribution in [0.15, 0.2) is 30.3 Å². The van der Waals surface area contributed by atoms with Gasteiger partial charge < -0.3 is 9.64 Å². The molecule has 1 aromatic carbocycles. The third kappa shape index (κ3) is 4.55. The van der Waals surface area contributed by atoms with Gasteiger partial charge in [0, 0.05) is 24.9 Å². The van der Waals surface area contributed by atoms with Crippen LogP contribution in [0.1, 0.15) is 38.4 Å². The lowest BCUT2D eigenvalue weighted by Gasteiger charge is -2.32. The maximum absolute atomic E-state index is 12.6. The largest absolute Gasteiger partial charge is 0.493 e. The molecule has 0 radical (unpaired) electrons. The zero-order chi connectivity index (χ0) is 17.6. The fourth-order valence-corrected chi connectivity index (χ4v) is 3.12. The number of hydrogen-bond donors (Lipinski definition) is 0. The van der Waals surface area contributed by atoms with Crippen LogP contribution in [-0.2, 0) is 11.3 Å². The molecule has 1 unspecified atom stereocenters. The van der Waals surface area contributed by atoms with Crippen LogP contribution in [0.25, 0.3) is 0 Å². The summed E-state index contributed by atoms with van der Waals surface area (Å²) < 4.78 is 7.46. The molecule has 1 aliphatic rings. The van der Waals surface area contributed by atoms with E-state index in [1.807, 2.05) is 49.1 Å². The molecule has 1 aliphatic heterocycles. The number of rotatable bonds is 6. The van der Waals surface area contributed by atoms with Gasteiger partial charge in [-0.1, -0.05) is 32.0 Å². The maximum Gasteiger partial charge on any atom is 0.244 e. The van der Waals surface area contributed by atoms with Gasteiger partial charge in [-0.15, -0.1) is 5.10 Å². The van der Waals surface area contributed by atoms with Crippen LogP contribution in [0.3, 0.4) is 0 Å². The van der Waals surface area contributed by atoms with E-state index < -0.39 is 0 Å². The highest BCUT2D eigenvalue weighted by molar-refractivity contribution is 5.76. The number of para-hydroxylation sites is 1. The number of tetrazole rings is 1. The van der Waals surface area contributed by atoms with E-state index in [0.29, 0.717) is 12.5 Å². The quantitative estimate of drug-likeness (QED) is 0.803. The lowest BCUT2D eigenvalue weighted by molar-refractivity contribution is -0.134. The second kappa shape index (κ2) is 8.09. The summed E-state index contributed by atoms with van der Waals surface area (Å²) in [5, 5.41) is 11.6. The van der Waals surface area contributed by atoms with Crippen molar-refractivity contribution in [2.24, 2.45) is 5.92 Å². The molecule has 1 atom stereocenters. The van der Waals surface area contributed by atoms with Gasteiger partial charge in [-0.2, -0.15) is 0 Å². The number of likely N-dealkylation sites (tertiary alicyclic amines) is 1. The molecule has 2 aromatic rings. The number of carbonyl (C=O) groups is 1. The van der Waals surface area contributed by atoms with E-state index in [2.05, 4.69) is 15.5 Å². The monoisotopic (exact) mass is 343 g/mol. The minimum Gasteiger partial charge on any atom is -0.493 e. The van der Waals surface area contributed by atoms with Crippen LogP contribution in [0.4, 0.5) is 0 Å². The number of hydrogen-bond acceptors (Lipinski definition) is 5. The Kier molecular flexibility index (Phi) is 5.63. The first-order valence-corrected chi connectivity index (χ1v) is 8.85. The molecule has 7 nitrogen and oxygen atoms in total. The summed E-state index contributed by atoms with van der Waals surface area (Å²) >= 11 is 0. The number of aromatic nitrogens is 4. The second-order valence-electron chi connectivity index (χ2n) is 6.82. The minimum atomic E-state index is 0.0682. The summed E-state index contributed by atoms with van der Waals surface area (Å²) in [5.74, 6) is 2.24. The highest BCUT2D eigenvalue weighted by atomic mass is 16.5. The molecule has 1 fully saturated rings. The molecular weight excluding hydrogens is 318 g/mol. The number of benzene rings is 1. The van der Waals surface area contributed by atoms with Gasteiger partial charge in [0.1, 0.15) is 12.3 Å². The highest BCUT2D eigenvalue weighted by Gasteiger charge is 2.25. The lowest BCUT2D eigenvalue weighted by atomic mass is 9.99. The van der Waals surface area contributed by atoms with Gasteiger partial charge in [-0.25, -0.2) is 4.68 Å². The van der Waals surface area contributed by atoms with Gasteiger partial charge in [-0.3, -0.25) is 4.79 Å². The molecule has 0 spiro atoms. The normalized spacial score (nSPS) is 17.7. The van der Waals surface area contributed by atoms with E-state index in [1.165, 1.54) is 0 Å². The predicted molar refractivity (Wildman–Crippen MR) is 93.1 cm³/mol. The molecule has 134 valence electrons. The molecule has 0 N–H and O–H groups in total. The van der Waals surface area contributed by atoms with E-state index in [1.54, 1.807) is 4.68 Å². The zero-order valence-electron chi connectivity index (χ0n) is 14.8. The lowest BCUT2D eigenvalue weighted by Crippen LogP contribution is -2.43. The summed E-state index contributed by atoms with van der Waals surface area (Å²) in [7, 11) is 0. The van der Waals surface area contributed by atoms with Crippen LogP contribution in [0.2, 0.25) is 0 Å². The number of carbonyl (C=O) groups excluding carboxylic acids is 1. The fraction of sp³-hybridized carbons (Fsp3) is 0.556. The Morgan fingerprint density at radius 2 is 2.12 bits per heavy atom. The van der Waals surface area contributed by atoms with E-state index in [0.717, 1.165) is 37.5 Å². The van der Waals surface area contributed by atoms with Crippen molar-refractivity contribution < 1.29 is 9.53 Å². The number of amides is 1. The molecule has 0 aliphatic carbocycles. The Labute approximate surface area is 148 Å². The van der Waals surface area contributed by atoms with Gasteiger partial charge in [0.2, 0.25) is 5.91 Å². The molecule has 1 amide bonds. The van der Waals surface area contributed by atoms with Gasteiger partial charge in [-0.05, 0) is 35.4 Å². The van der Waals surface area contributed by atoms with E-state index >= 15 is 0 Å². The first kappa shape index (κ1) is 17.4. The van der Waals surface area contributed by atoms with Gasteiger partial charge >= 0.3 is 0 Å². The van der Waals surface area contributed by atoms with Crippen LogP contribution in [0, 0.1) is 5.92 Å². The van der Waals surface area contributed by atoms with Crippen LogP contribution < -0.4 is 4.74 Å². The van der Waals surface area contributed by atoms with Crippen molar-refractivity contribution in [2.45, 2.75) is 39.2 Å². The summed E-state index contributed by atoms with van der Waals surface area (Å²) in [4.78, 5) is 14.5. The average Bonchev–Trinajstić information content (AvgIpc) is 3.09. The standard InChI is InChI=1S/C18H25N5O2/c1-14(2)18-19-20-21-23(18)12-17(24)22-10-6-7-15(11-22)13-25-16-8-4-3-5-9-16/h3-5,8-9,14-15H,6-7,10-13H2,1-2H3. The molecule has 0 saturated carbocycles. The van der Waals surface area contributed by atoms with Crippen molar-refractivity contribution in [2.75, 3.05) is 19.7 Å². The first-order valence-electron chi connectivity index (χ1n) is 8.85. The third-order valence-electron chi connectivity index (χ3n) is 4.46. The van der Waals surface area contributed by atoms with E-state index in [4.69, 9.17) is 4.74 Å². The van der Waals surface area contributed by atoms with Crippen molar-refractivity contribution in [1.82, 2.24) is 25.1 Å². The van der Waals surface area contributed by atoms with Crippen LogP contribution >= 0.6 is 0 Å². The number of nitrogens with zero attached hydrogens (tertiary/aromatic N) is 5. The number of piperidine rings is 1. The Morgan fingerprint density at radius 1 is 1.32 bits per heavy atom. The number of ether oxygens (including phenoxy) is 1. The Bertz CT molecular complexity index is 686. The van der Waals surface area contributed by atoms with E-state index in [9.17, 15) is 4.79 Å². The predicted octanol–water partition coefficient (Wildman–Crippen LogP) is 2.11. The fourth-order valence-electron chi connectivity index (χ4n) is 3.12. The van der Waals surface area contributed by atoms with Crippen molar-refractivity contribution >= 4 is 5.91 Å². The molecule has 1 saturated heterocycles. The molecule has 2 heterocycles. The van der Waals surface area contributed by atoms with Crippen molar-refractivity contribution in [3.63, 3.8) is 0 Å². The van der Waals surface area contributed by atoms with Crippen molar-refractivity contribution in [3.05, 3.63) is 36.2 Å². The van der Waals surface area contributed by atoms with Gasteiger partial charge in [0.25, 0.3) is 0 Å². The summed E-state index contributed by atoms with van der Waals surface area (Å²) in [6.07, 6.45) is 2.08. The Balaban J connectivity index is 1.53. The zero-order valence-corrected chi connectivity index (χ0v) is 14.8. The van der Waals surface area contributed by atoms with Crippen molar-refractivity contribution in [1.29, 1.82) is 0 Å². The molecule has 3 rings (SSSR count). The smallest absolute Gasteiger partial charge is 0.244 e. The second-order valence-corrected chi connectivity index (χ2v) is 6.82. The van der Waals surface area contributed by atoms with E-state index in [-0.39, 0.29) is 18.4 Å². The van der Waals surface area contributed by atoms with Crippen molar-refractivity contribution in [3.8, 4) is 5.75 Å². The van der Waals surface area contributed by atoms with Gasteiger partial charge in [0.05, 0.1) is 6.61 Å². The van der Waals surface area contributed by atoms with Crippen LogP contribution in [0.5, 0.6) is 5.75 Å². The molecule has 25 heavy (non-hydrogen) atoms. The molecular formula is C18H25N5O2. The molecule has 0 bridgehead atoms. The summed E-state index contributed by atoms with van der Waals surface area (Å²) in [6.45, 7) is 6.39. The Hall–Kier alpha value is -2.44. The third-order valence-corrected chi connectivity index (χ3v) is 4.46. The van der Waals surface area contributed by atoms with Crippen LogP contribution in [-0.4, -0.2) is 50.7 Å². The first-order chi connectivity index (χ1) is 12.1. The molecule has 7 heteroatoms.